The minimum Gasteiger partial charge on any atom is -0.478 e. The Balaban J connectivity index is 2.64. The lowest BCUT2D eigenvalue weighted by atomic mass is 10.0. The van der Waals surface area contributed by atoms with Crippen molar-refractivity contribution in [2.24, 2.45) is 5.92 Å². The van der Waals surface area contributed by atoms with Crippen molar-refractivity contribution in [2.75, 3.05) is 26.3 Å². The second-order valence-corrected chi connectivity index (χ2v) is 4.50. The Bertz CT molecular complexity index is 368. The van der Waals surface area contributed by atoms with Gasteiger partial charge >= 0.3 is 5.97 Å². The van der Waals surface area contributed by atoms with Crippen molar-refractivity contribution in [2.45, 2.75) is 19.8 Å². The Labute approximate surface area is 113 Å². The molecule has 0 aromatic rings. The smallest absolute Gasteiger partial charge is 0.335 e. The summed E-state index contributed by atoms with van der Waals surface area (Å²) in [5.74, 6) is -1.33. The molecule has 1 amide bonds. The monoisotopic (exact) mass is 267 g/mol. The van der Waals surface area contributed by atoms with Crippen LogP contribution >= 0.6 is 0 Å². The molecule has 1 rings (SSSR count). The van der Waals surface area contributed by atoms with Crippen LogP contribution in [0.25, 0.3) is 0 Å². The molecule has 1 saturated heterocycles. The van der Waals surface area contributed by atoms with E-state index in [1.54, 1.807) is 11.0 Å². The Morgan fingerprint density at radius 2 is 2.16 bits per heavy atom. The van der Waals surface area contributed by atoms with Gasteiger partial charge in [-0.15, -0.1) is 0 Å². The maximum Gasteiger partial charge on any atom is 0.335 e. The van der Waals surface area contributed by atoms with Crippen LogP contribution in [-0.2, 0) is 14.3 Å². The van der Waals surface area contributed by atoms with Gasteiger partial charge in [0.2, 0.25) is 5.91 Å². The van der Waals surface area contributed by atoms with Crippen molar-refractivity contribution < 1.29 is 19.4 Å². The van der Waals surface area contributed by atoms with Crippen molar-refractivity contribution in [3.8, 4) is 0 Å². The summed E-state index contributed by atoms with van der Waals surface area (Å²) in [6.45, 7) is 7.87. The second-order valence-electron chi connectivity index (χ2n) is 4.50. The van der Waals surface area contributed by atoms with E-state index in [1.165, 1.54) is 6.08 Å². The predicted octanol–water partition coefficient (Wildman–Crippen LogP) is 1.46. The van der Waals surface area contributed by atoms with Crippen LogP contribution in [0.4, 0.5) is 0 Å². The maximum absolute atomic E-state index is 12.3. The summed E-state index contributed by atoms with van der Waals surface area (Å²) >= 11 is 0. The molecule has 0 aromatic heterocycles. The molecule has 1 heterocycles. The first-order valence-electron chi connectivity index (χ1n) is 6.53. The van der Waals surface area contributed by atoms with Crippen LogP contribution in [0.5, 0.6) is 0 Å². The van der Waals surface area contributed by atoms with Crippen molar-refractivity contribution in [3.05, 3.63) is 24.3 Å². The summed E-state index contributed by atoms with van der Waals surface area (Å²) in [7, 11) is 0. The SMILES string of the molecule is C=C(/C=C\C(CC)C(=O)N1CCCOCC1)C(=O)O. The Morgan fingerprint density at radius 3 is 2.79 bits per heavy atom. The summed E-state index contributed by atoms with van der Waals surface area (Å²) in [4.78, 5) is 24.7. The normalized spacial score (nSPS) is 18.1. The number of amides is 1. The van der Waals surface area contributed by atoms with Crippen LogP contribution in [0.1, 0.15) is 19.8 Å². The third-order valence-corrected chi connectivity index (χ3v) is 3.10. The van der Waals surface area contributed by atoms with Crippen LogP contribution in [0, 0.1) is 5.92 Å². The number of nitrogens with zero attached hydrogens (tertiary/aromatic N) is 1. The fourth-order valence-electron chi connectivity index (χ4n) is 1.90. The molecule has 0 aromatic carbocycles. The highest BCUT2D eigenvalue weighted by Gasteiger charge is 2.21. The number of carboxylic acids is 1. The number of aliphatic carboxylic acids is 1. The molecule has 5 heteroatoms. The Morgan fingerprint density at radius 1 is 1.42 bits per heavy atom. The summed E-state index contributed by atoms with van der Waals surface area (Å²) < 4.78 is 5.31. The van der Waals surface area contributed by atoms with E-state index in [-0.39, 0.29) is 17.4 Å². The fraction of sp³-hybridized carbons (Fsp3) is 0.571. The standard InChI is InChI=1S/C14H21NO4/c1-3-12(6-5-11(2)14(17)18)13(16)15-7-4-9-19-10-8-15/h5-6,12H,2-4,7-10H2,1H3,(H,17,18)/b6-5-. The van der Waals surface area contributed by atoms with Gasteiger partial charge in [0.05, 0.1) is 18.1 Å². The summed E-state index contributed by atoms with van der Waals surface area (Å²) in [6, 6.07) is 0. The molecule has 1 aliphatic heterocycles. The Kier molecular flexibility index (Phi) is 6.29. The number of hydrogen-bond acceptors (Lipinski definition) is 3. The molecule has 0 aliphatic carbocycles. The lowest BCUT2D eigenvalue weighted by molar-refractivity contribution is -0.134. The van der Waals surface area contributed by atoms with Gasteiger partial charge in [-0.1, -0.05) is 25.7 Å². The highest BCUT2D eigenvalue weighted by Crippen LogP contribution is 2.13. The van der Waals surface area contributed by atoms with E-state index >= 15 is 0 Å². The number of carboxylic acid groups (broad SMARTS) is 1. The lowest BCUT2D eigenvalue weighted by Crippen LogP contribution is -2.37. The van der Waals surface area contributed by atoms with E-state index in [4.69, 9.17) is 9.84 Å². The van der Waals surface area contributed by atoms with E-state index in [0.717, 1.165) is 6.42 Å². The third kappa shape index (κ3) is 4.87. The average Bonchev–Trinajstić information content (AvgIpc) is 2.67. The molecule has 0 saturated carbocycles. The van der Waals surface area contributed by atoms with Crippen LogP contribution < -0.4 is 0 Å². The number of hydrogen-bond donors (Lipinski definition) is 1. The van der Waals surface area contributed by atoms with Crippen LogP contribution in [-0.4, -0.2) is 48.2 Å². The zero-order valence-corrected chi connectivity index (χ0v) is 11.3. The maximum atomic E-state index is 12.3. The van der Waals surface area contributed by atoms with Crippen molar-refractivity contribution in [3.63, 3.8) is 0 Å². The van der Waals surface area contributed by atoms with E-state index < -0.39 is 5.97 Å². The largest absolute Gasteiger partial charge is 0.478 e. The third-order valence-electron chi connectivity index (χ3n) is 3.10. The molecule has 0 bridgehead atoms. The van der Waals surface area contributed by atoms with Gasteiger partial charge in [-0.25, -0.2) is 4.79 Å². The highest BCUT2D eigenvalue weighted by atomic mass is 16.5. The van der Waals surface area contributed by atoms with Gasteiger partial charge in [0.15, 0.2) is 0 Å². The van der Waals surface area contributed by atoms with Crippen LogP contribution in [0.15, 0.2) is 24.3 Å². The van der Waals surface area contributed by atoms with E-state index in [2.05, 4.69) is 6.58 Å². The van der Waals surface area contributed by atoms with Gasteiger partial charge in [0.25, 0.3) is 0 Å². The molecule has 19 heavy (non-hydrogen) atoms. The molecule has 1 fully saturated rings. The molecule has 1 N–H and O–H groups in total. The quantitative estimate of drug-likeness (QED) is 0.605. The zero-order valence-electron chi connectivity index (χ0n) is 11.3. The molecule has 1 aliphatic rings. The van der Waals surface area contributed by atoms with Gasteiger partial charge in [0.1, 0.15) is 0 Å². The fourth-order valence-corrected chi connectivity index (χ4v) is 1.90. The minimum absolute atomic E-state index is 0.00884. The molecule has 106 valence electrons. The van der Waals surface area contributed by atoms with Gasteiger partial charge in [-0.05, 0) is 12.8 Å². The van der Waals surface area contributed by atoms with E-state index in [0.29, 0.717) is 32.7 Å². The first-order chi connectivity index (χ1) is 9.06. The molecular formula is C14H21NO4. The van der Waals surface area contributed by atoms with Crippen molar-refractivity contribution in [1.82, 2.24) is 4.90 Å². The summed E-state index contributed by atoms with van der Waals surface area (Å²) in [5.41, 5.74) is -0.00884. The molecular weight excluding hydrogens is 246 g/mol. The van der Waals surface area contributed by atoms with E-state index in [9.17, 15) is 9.59 Å². The number of ether oxygens (including phenoxy) is 1. The molecule has 1 unspecified atom stereocenters. The van der Waals surface area contributed by atoms with Crippen molar-refractivity contribution >= 4 is 11.9 Å². The summed E-state index contributed by atoms with van der Waals surface area (Å²) in [5, 5.41) is 8.73. The van der Waals surface area contributed by atoms with Crippen LogP contribution in [0.2, 0.25) is 0 Å². The zero-order chi connectivity index (χ0) is 14.3. The molecule has 0 spiro atoms. The van der Waals surface area contributed by atoms with Gasteiger partial charge in [-0.3, -0.25) is 4.79 Å². The predicted molar refractivity (Wildman–Crippen MR) is 71.7 cm³/mol. The Hall–Kier alpha value is -1.62. The number of rotatable bonds is 5. The first kappa shape index (κ1) is 15.4. The lowest BCUT2D eigenvalue weighted by Gasteiger charge is -2.23. The first-order valence-corrected chi connectivity index (χ1v) is 6.53. The topological polar surface area (TPSA) is 66.8 Å². The number of carbonyl (C=O) groups excluding carboxylic acids is 1. The molecule has 0 radical (unpaired) electrons. The van der Waals surface area contributed by atoms with Gasteiger partial charge in [0, 0.05) is 19.7 Å². The van der Waals surface area contributed by atoms with Crippen LogP contribution in [0.3, 0.4) is 0 Å². The summed E-state index contributed by atoms with van der Waals surface area (Å²) in [6.07, 6.45) is 4.51. The highest BCUT2D eigenvalue weighted by molar-refractivity contribution is 5.89. The van der Waals surface area contributed by atoms with E-state index in [1.807, 2.05) is 6.92 Å². The average molecular weight is 267 g/mol. The minimum atomic E-state index is -1.07. The molecule has 1 atom stereocenters. The number of carbonyl (C=O) groups is 2. The van der Waals surface area contributed by atoms with Gasteiger partial charge < -0.3 is 14.7 Å². The van der Waals surface area contributed by atoms with Gasteiger partial charge in [-0.2, -0.15) is 0 Å². The second kappa shape index (κ2) is 7.74. The molecule has 5 nitrogen and oxygen atoms in total. The van der Waals surface area contributed by atoms with Crippen molar-refractivity contribution in [1.29, 1.82) is 0 Å².